The van der Waals surface area contributed by atoms with Gasteiger partial charge >= 0.3 is 6.03 Å². The van der Waals surface area contributed by atoms with Gasteiger partial charge in [-0.05, 0) is 12.8 Å². The van der Waals surface area contributed by atoms with E-state index in [2.05, 4.69) is 9.88 Å². The first kappa shape index (κ1) is 15.7. The quantitative estimate of drug-likeness (QED) is 0.827. The largest absolute Gasteiger partial charge is 0.372 e. The zero-order chi connectivity index (χ0) is 15.6. The molecule has 3 heterocycles. The van der Waals surface area contributed by atoms with E-state index in [1.807, 2.05) is 16.5 Å². The van der Waals surface area contributed by atoms with Crippen LogP contribution in [0.5, 0.6) is 0 Å². The number of ether oxygens (including phenoxy) is 1. The molecule has 3 rings (SSSR count). The average molecular weight is 324 g/mol. The van der Waals surface area contributed by atoms with E-state index >= 15 is 0 Å². The summed E-state index contributed by atoms with van der Waals surface area (Å²) in [5.74, 6) is 0. The molecular weight excluding hydrogens is 300 g/mol. The Morgan fingerprint density at radius 2 is 2.18 bits per heavy atom. The molecule has 1 aromatic heterocycles. The van der Waals surface area contributed by atoms with Gasteiger partial charge in [0.1, 0.15) is 5.01 Å². The Hall–Kier alpha value is -1.18. The molecule has 0 N–H and O–H groups in total. The number of thiazole rings is 1. The molecule has 2 aliphatic rings. The van der Waals surface area contributed by atoms with Crippen LogP contribution in [0.3, 0.4) is 0 Å². The minimum absolute atomic E-state index is 0.0847. The van der Waals surface area contributed by atoms with Gasteiger partial charge in [0.05, 0.1) is 18.8 Å². The lowest BCUT2D eigenvalue weighted by Crippen LogP contribution is -2.58. The van der Waals surface area contributed by atoms with Gasteiger partial charge in [-0.3, -0.25) is 4.90 Å². The van der Waals surface area contributed by atoms with E-state index in [1.165, 1.54) is 0 Å². The fourth-order valence-corrected chi connectivity index (χ4v) is 3.93. The number of hydrogen-bond donors (Lipinski definition) is 0. The van der Waals surface area contributed by atoms with E-state index in [-0.39, 0.29) is 11.6 Å². The smallest absolute Gasteiger partial charge is 0.319 e. The summed E-state index contributed by atoms with van der Waals surface area (Å²) in [5, 5.41) is 3.19. The summed E-state index contributed by atoms with van der Waals surface area (Å²) in [6, 6.07) is 0.102. The average Bonchev–Trinajstić information content (AvgIpc) is 3.00. The molecule has 1 aromatic rings. The molecule has 0 aliphatic carbocycles. The van der Waals surface area contributed by atoms with E-state index in [0.29, 0.717) is 0 Å². The summed E-state index contributed by atoms with van der Waals surface area (Å²) >= 11 is 1.71. The van der Waals surface area contributed by atoms with E-state index < -0.39 is 0 Å². The Balaban J connectivity index is 1.57. The van der Waals surface area contributed by atoms with Gasteiger partial charge in [0, 0.05) is 51.9 Å². The van der Waals surface area contributed by atoms with Crippen LogP contribution in [-0.4, -0.2) is 78.2 Å². The van der Waals surface area contributed by atoms with Crippen LogP contribution in [0.1, 0.15) is 17.8 Å². The molecule has 0 atom stereocenters. The van der Waals surface area contributed by atoms with Crippen molar-refractivity contribution in [3.63, 3.8) is 0 Å². The molecule has 2 saturated heterocycles. The molecule has 2 aliphatic heterocycles. The summed E-state index contributed by atoms with van der Waals surface area (Å²) in [4.78, 5) is 22.4. The number of aromatic nitrogens is 1. The Morgan fingerprint density at radius 3 is 2.82 bits per heavy atom. The van der Waals surface area contributed by atoms with Gasteiger partial charge in [-0.15, -0.1) is 11.3 Å². The predicted molar refractivity (Wildman–Crippen MR) is 86.0 cm³/mol. The van der Waals surface area contributed by atoms with E-state index in [4.69, 9.17) is 4.74 Å². The number of morpholine rings is 1. The second-order valence-corrected chi connectivity index (χ2v) is 7.31. The van der Waals surface area contributed by atoms with Gasteiger partial charge < -0.3 is 14.5 Å². The summed E-state index contributed by atoms with van der Waals surface area (Å²) in [6.45, 7) is 5.14. The molecule has 0 bridgehead atoms. The van der Waals surface area contributed by atoms with Crippen molar-refractivity contribution in [3.8, 4) is 0 Å². The molecule has 7 heteroatoms. The number of carbonyl (C=O) groups is 1. The van der Waals surface area contributed by atoms with Crippen molar-refractivity contribution in [3.05, 3.63) is 16.6 Å². The van der Waals surface area contributed by atoms with Crippen LogP contribution in [-0.2, 0) is 11.3 Å². The standard InChI is InChI=1S/C15H24N4O2S/c1-17(2)14(20)19-6-3-15(4-7-19)12-18(8-9-21-15)11-13-16-5-10-22-13/h5,10H,3-4,6-9,11-12H2,1-2H3. The molecule has 122 valence electrons. The summed E-state index contributed by atoms with van der Waals surface area (Å²) in [5.41, 5.74) is -0.0847. The third-order valence-corrected chi connectivity index (χ3v) is 5.26. The van der Waals surface area contributed by atoms with Crippen molar-refractivity contribution in [1.82, 2.24) is 19.7 Å². The Bertz CT molecular complexity index is 498. The van der Waals surface area contributed by atoms with Gasteiger partial charge in [0.2, 0.25) is 0 Å². The minimum atomic E-state index is -0.0847. The number of hydrogen-bond acceptors (Lipinski definition) is 5. The van der Waals surface area contributed by atoms with Crippen LogP contribution < -0.4 is 0 Å². The number of likely N-dealkylation sites (tertiary alicyclic amines) is 1. The number of amides is 2. The van der Waals surface area contributed by atoms with Gasteiger partial charge in [-0.25, -0.2) is 9.78 Å². The third-order valence-electron chi connectivity index (χ3n) is 4.50. The fraction of sp³-hybridized carbons (Fsp3) is 0.733. The van der Waals surface area contributed by atoms with Gasteiger partial charge in [-0.1, -0.05) is 0 Å². The van der Waals surface area contributed by atoms with Crippen molar-refractivity contribution in [2.45, 2.75) is 25.0 Å². The lowest BCUT2D eigenvalue weighted by molar-refractivity contribution is -0.134. The number of carbonyl (C=O) groups excluding carboxylic acids is 1. The van der Waals surface area contributed by atoms with Crippen molar-refractivity contribution < 1.29 is 9.53 Å². The maximum absolute atomic E-state index is 12.0. The van der Waals surface area contributed by atoms with Crippen molar-refractivity contribution in [2.24, 2.45) is 0 Å². The topological polar surface area (TPSA) is 48.9 Å². The zero-order valence-electron chi connectivity index (χ0n) is 13.3. The maximum atomic E-state index is 12.0. The number of piperidine rings is 1. The van der Waals surface area contributed by atoms with Gasteiger partial charge in [0.25, 0.3) is 0 Å². The van der Waals surface area contributed by atoms with Crippen LogP contribution in [0.2, 0.25) is 0 Å². The van der Waals surface area contributed by atoms with Crippen molar-refractivity contribution in [2.75, 3.05) is 46.9 Å². The summed E-state index contributed by atoms with van der Waals surface area (Å²) < 4.78 is 6.13. The fourth-order valence-electron chi connectivity index (χ4n) is 3.27. The Morgan fingerprint density at radius 1 is 1.41 bits per heavy atom. The third kappa shape index (κ3) is 3.42. The van der Waals surface area contributed by atoms with Crippen LogP contribution in [0.15, 0.2) is 11.6 Å². The molecule has 0 aromatic carbocycles. The SMILES string of the molecule is CN(C)C(=O)N1CCC2(CC1)CN(Cc1nccs1)CCO2. The van der Waals surface area contributed by atoms with Gasteiger partial charge in [-0.2, -0.15) is 0 Å². The molecule has 1 spiro atoms. The highest BCUT2D eigenvalue weighted by Crippen LogP contribution is 2.31. The van der Waals surface area contributed by atoms with Crippen molar-refractivity contribution >= 4 is 17.4 Å². The lowest BCUT2D eigenvalue weighted by atomic mass is 9.89. The minimum Gasteiger partial charge on any atom is -0.372 e. The van der Waals surface area contributed by atoms with Crippen LogP contribution in [0.4, 0.5) is 4.79 Å². The van der Waals surface area contributed by atoms with Crippen LogP contribution in [0.25, 0.3) is 0 Å². The van der Waals surface area contributed by atoms with Crippen LogP contribution >= 0.6 is 11.3 Å². The second kappa shape index (κ2) is 6.52. The second-order valence-electron chi connectivity index (χ2n) is 6.33. The molecule has 6 nitrogen and oxygen atoms in total. The monoisotopic (exact) mass is 324 g/mol. The zero-order valence-corrected chi connectivity index (χ0v) is 14.1. The highest BCUT2D eigenvalue weighted by molar-refractivity contribution is 7.09. The molecule has 2 amide bonds. The van der Waals surface area contributed by atoms with Crippen molar-refractivity contribution in [1.29, 1.82) is 0 Å². The number of rotatable bonds is 2. The lowest BCUT2D eigenvalue weighted by Gasteiger charge is -2.47. The number of urea groups is 1. The first-order valence-corrected chi connectivity index (χ1v) is 8.67. The first-order chi connectivity index (χ1) is 10.6. The van der Waals surface area contributed by atoms with Gasteiger partial charge in [0.15, 0.2) is 0 Å². The number of nitrogens with zero attached hydrogens (tertiary/aromatic N) is 4. The Kier molecular flexibility index (Phi) is 4.65. The van der Waals surface area contributed by atoms with Crippen LogP contribution in [0, 0.1) is 0 Å². The molecule has 22 heavy (non-hydrogen) atoms. The highest BCUT2D eigenvalue weighted by Gasteiger charge is 2.40. The first-order valence-electron chi connectivity index (χ1n) is 7.79. The highest BCUT2D eigenvalue weighted by atomic mass is 32.1. The summed E-state index contributed by atoms with van der Waals surface area (Å²) in [7, 11) is 3.61. The normalized spacial score (nSPS) is 22.0. The molecule has 0 radical (unpaired) electrons. The maximum Gasteiger partial charge on any atom is 0.319 e. The molecular formula is C15H24N4O2S. The van der Waals surface area contributed by atoms with E-state index in [9.17, 15) is 4.79 Å². The summed E-state index contributed by atoms with van der Waals surface area (Å²) in [6.07, 6.45) is 3.70. The van der Waals surface area contributed by atoms with E-state index in [0.717, 1.165) is 57.2 Å². The predicted octanol–water partition coefficient (Wildman–Crippen LogP) is 1.49. The van der Waals surface area contributed by atoms with E-state index in [1.54, 1.807) is 30.3 Å². The molecule has 2 fully saturated rings. The Labute approximate surface area is 135 Å². The molecule has 0 saturated carbocycles. The molecule has 0 unspecified atom stereocenters.